The largest absolute Gasteiger partial charge is 0.507 e. The van der Waals surface area contributed by atoms with Gasteiger partial charge in [-0.25, -0.2) is 9.59 Å². The van der Waals surface area contributed by atoms with E-state index < -0.39 is 24.5 Å². The maximum Gasteiger partial charge on any atom is 0.342 e. The zero-order chi connectivity index (χ0) is 20.8. The number of anilines is 1. The number of rotatable bonds is 7. The summed E-state index contributed by atoms with van der Waals surface area (Å²) in [4.78, 5) is 48.4. The number of esters is 2. The Labute approximate surface area is 165 Å². The van der Waals surface area contributed by atoms with Crippen molar-refractivity contribution in [2.24, 2.45) is 0 Å². The summed E-state index contributed by atoms with van der Waals surface area (Å²) < 4.78 is 9.87. The van der Waals surface area contributed by atoms with E-state index in [0.717, 1.165) is 11.3 Å². The van der Waals surface area contributed by atoms with Crippen LogP contribution in [0.1, 0.15) is 49.8 Å². The number of nitrogens with one attached hydrogen (secondary N) is 1. The van der Waals surface area contributed by atoms with Crippen LogP contribution in [0.2, 0.25) is 0 Å². The molecule has 0 atom stereocenters. The van der Waals surface area contributed by atoms with Crippen molar-refractivity contribution in [1.82, 2.24) is 0 Å². The summed E-state index contributed by atoms with van der Waals surface area (Å²) in [6.45, 7) is 4.08. The van der Waals surface area contributed by atoms with Gasteiger partial charge < -0.3 is 19.9 Å². The molecule has 2 rings (SSSR count). The SMILES string of the molecule is CCOC(=O)c1c(NC(=O)COC(=O)c2ccccc2O)sc(C(C)=O)c1C. The standard InChI is InChI=1S/C19H19NO7S/c1-4-26-19(25)15-10(2)16(11(3)21)28-17(15)20-14(23)9-27-18(24)12-7-5-6-8-13(12)22/h5-8,22H,4,9H2,1-3H3,(H,20,23). The molecule has 148 valence electrons. The van der Waals surface area contributed by atoms with E-state index in [1.54, 1.807) is 26.0 Å². The summed E-state index contributed by atoms with van der Waals surface area (Å²) in [5, 5.41) is 12.2. The van der Waals surface area contributed by atoms with Gasteiger partial charge in [0.15, 0.2) is 12.4 Å². The molecule has 28 heavy (non-hydrogen) atoms. The number of ketones is 1. The highest BCUT2D eigenvalue weighted by molar-refractivity contribution is 7.18. The van der Waals surface area contributed by atoms with E-state index in [2.05, 4.69) is 5.32 Å². The first-order valence-corrected chi connectivity index (χ1v) is 9.14. The molecule has 0 unspecified atom stereocenters. The molecule has 1 amide bonds. The topological polar surface area (TPSA) is 119 Å². The quantitative estimate of drug-likeness (QED) is 0.537. The van der Waals surface area contributed by atoms with Gasteiger partial charge in [0.1, 0.15) is 16.3 Å². The van der Waals surface area contributed by atoms with E-state index in [1.165, 1.54) is 19.1 Å². The molecule has 0 aliphatic carbocycles. The molecule has 0 radical (unpaired) electrons. The fourth-order valence-electron chi connectivity index (χ4n) is 2.40. The highest BCUT2D eigenvalue weighted by atomic mass is 32.1. The van der Waals surface area contributed by atoms with Gasteiger partial charge in [0, 0.05) is 0 Å². The number of ether oxygens (including phenoxy) is 2. The number of phenols is 1. The molecule has 1 aromatic carbocycles. The number of Topliss-reactive ketones (excluding diaryl/α,β-unsaturated/α-hetero) is 1. The van der Waals surface area contributed by atoms with E-state index in [-0.39, 0.29) is 34.3 Å². The average molecular weight is 405 g/mol. The van der Waals surface area contributed by atoms with Crippen LogP contribution in [0, 0.1) is 6.92 Å². The molecule has 0 saturated carbocycles. The van der Waals surface area contributed by atoms with Gasteiger partial charge in [0.2, 0.25) is 0 Å². The Balaban J connectivity index is 2.14. The zero-order valence-corrected chi connectivity index (χ0v) is 16.3. The third-order valence-corrected chi connectivity index (χ3v) is 4.97. The van der Waals surface area contributed by atoms with Crippen molar-refractivity contribution in [1.29, 1.82) is 0 Å². The number of hydrogen-bond donors (Lipinski definition) is 2. The third-order valence-electron chi connectivity index (χ3n) is 3.66. The molecule has 2 aromatic rings. The first-order valence-electron chi connectivity index (χ1n) is 8.32. The summed E-state index contributed by atoms with van der Waals surface area (Å²) in [6, 6.07) is 5.76. The minimum absolute atomic E-state index is 0.0756. The molecule has 1 aromatic heterocycles. The van der Waals surface area contributed by atoms with Crippen LogP contribution in [0.25, 0.3) is 0 Å². The molecule has 0 aliphatic rings. The van der Waals surface area contributed by atoms with Crippen LogP contribution in [0.4, 0.5) is 5.00 Å². The van der Waals surface area contributed by atoms with Gasteiger partial charge in [-0.3, -0.25) is 9.59 Å². The molecular weight excluding hydrogens is 386 g/mol. The molecule has 0 saturated heterocycles. The average Bonchev–Trinajstić information content (AvgIpc) is 2.96. The Hall–Kier alpha value is -3.20. The number of aromatic hydroxyl groups is 1. The Morgan fingerprint density at radius 3 is 2.39 bits per heavy atom. The first kappa shape index (κ1) is 21.1. The van der Waals surface area contributed by atoms with Crippen LogP contribution in [-0.2, 0) is 14.3 Å². The van der Waals surface area contributed by atoms with Gasteiger partial charge in [-0.2, -0.15) is 0 Å². The van der Waals surface area contributed by atoms with E-state index in [4.69, 9.17) is 9.47 Å². The summed E-state index contributed by atoms with van der Waals surface area (Å²) in [6.07, 6.45) is 0. The van der Waals surface area contributed by atoms with Crippen LogP contribution in [-0.4, -0.2) is 41.9 Å². The molecule has 0 fully saturated rings. The number of phenolic OH excluding ortho intramolecular Hbond substituents is 1. The minimum Gasteiger partial charge on any atom is -0.507 e. The normalized spacial score (nSPS) is 10.2. The minimum atomic E-state index is -0.870. The Morgan fingerprint density at radius 1 is 1.11 bits per heavy atom. The lowest BCUT2D eigenvalue weighted by Gasteiger charge is -2.08. The fraction of sp³-hybridized carbons (Fsp3) is 0.263. The van der Waals surface area contributed by atoms with Crippen molar-refractivity contribution < 1.29 is 33.8 Å². The number of amides is 1. The van der Waals surface area contributed by atoms with Crippen molar-refractivity contribution in [3.8, 4) is 5.75 Å². The van der Waals surface area contributed by atoms with Crippen LogP contribution in [0.3, 0.4) is 0 Å². The van der Waals surface area contributed by atoms with Crippen LogP contribution in [0.5, 0.6) is 5.75 Å². The van der Waals surface area contributed by atoms with E-state index >= 15 is 0 Å². The fourth-order valence-corrected chi connectivity index (χ4v) is 3.51. The maximum absolute atomic E-state index is 12.2. The van der Waals surface area contributed by atoms with E-state index in [1.807, 2.05) is 0 Å². The predicted molar refractivity (Wildman–Crippen MR) is 102 cm³/mol. The smallest absolute Gasteiger partial charge is 0.342 e. The van der Waals surface area contributed by atoms with Crippen molar-refractivity contribution in [3.05, 3.63) is 45.8 Å². The number of hydrogen-bond acceptors (Lipinski definition) is 8. The second-order valence-corrected chi connectivity index (χ2v) is 6.70. The molecule has 8 nitrogen and oxygen atoms in total. The lowest BCUT2D eigenvalue weighted by atomic mass is 10.1. The summed E-state index contributed by atoms with van der Waals surface area (Å²) >= 11 is 0.947. The maximum atomic E-state index is 12.2. The molecule has 0 aliphatic heterocycles. The Bertz CT molecular complexity index is 932. The van der Waals surface area contributed by atoms with Gasteiger partial charge in [-0.05, 0) is 38.5 Å². The summed E-state index contributed by atoms with van der Waals surface area (Å²) in [7, 11) is 0. The van der Waals surface area contributed by atoms with Crippen LogP contribution in [0.15, 0.2) is 24.3 Å². The van der Waals surface area contributed by atoms with Crippen molar-refractivity contribution in [2.45, 2.75) is 20.8 Å². The molecule has 9 heteroatoms. The van der Waals surface area contributed by atoms with E-state index in [0.29, 0.717) is 10.4 Å². The summed E-state index contributed by atoms with van der Waals surface area (Å²) in [5.41, 5.74) is 0.434. The second-order valence-electron chi connectivity index (χ2n) is 5.68. The Kier molecular flexibility index (Phi) is 6.89. The second kappa shape index (κ2) is 9.14. The number of benzene rings is 1. The van der Waals surface area contributed by atoms with Crippen molar-refractivity contribution >= 4 is 40.0 Å². The molecule has 0 bridgehead atoms. The lowest BCUT2D eigenvalue weighted by molar-refractivity contribution is -0.119. The summed E-state index contributed by atoms with van der Waals surface area (Å²) in [5.74, 6) is -2.75. The lowest BCUT2D eigenvalue weighted by Crippen LogP contribution is -2.21. The van der Waals surface area contributed by atoms with Crippen molar-refractivity contribution in [3.63, 3.8) is 0 Å². The van der Waals surface area contributed by atoms with Gasteiger partial charge in [0.05, 0.1) is 17.0 Å². The van der Waals surface area contributed by atoms with Crippen LogP contribution < -0.4 is 5.32 Å². The third kappa shape index (κ3) is 4.74. The molecule has 1 heterocycles. The molecule has 0 spiro atoms. The number of thiophene rings is 1. The van der Waals surface area contributed by atoms with E-state index in [9.17, 15) is 24.3 Å². The van der Waals surface area contributed by atoms with Gasteiger partial charge in [0.25, 0.3) is 5.91 Å². The Morgan fingerprint density at radius 2 is 1.79 bits per heavy atom. The predicted octanol–water partition coefficient (Wildman–Crippen LogP) is 2.94. The highest BCUT2D eigenvalue weighted by Gasteiger charge is 2.25. The first-order chi connectivity index (χ1) is 13.3. The number of para-hydroxylation sites is 1. The zero-order valence-electron chi connectivity index (χ0n) is 15.5. The highest BCUT2D eigenvalue weighted by Crippen LogP contribution is 2.34. The monoisotopic (exact) mass is 405 g/mol. The van der Waals surface area contributed by atoms with Gasteiger partial charge in [-0.1, -0.05) is 12.1 Å². The van der Waals surface area contributed by atoms with Crippen molar-refractivity contribution in [2.75, 3.05) is 18.5 Å². The number of carbonyl (C=O) groups excluding carboxylic acids is 4. The van der Waals surface area contributed by atoms with Gasteiger partial charge in [-0.15, -0.1) is 11.3 Å². The van der Waals surface area contributed by atoms with Crippen LogP contribution >= 0.6 is 11.3 Å². The molecular formula is C19H19NO7S. The molecule has 2 N–H and O–H groups in total. The van der Waals surface area contributed by atoms with Gasteiger partial charge >= 0.3 is 11.9 Å². The number of carbonyl (C=O) groups is 4.